The van der Waals surface area contributed by atoms with Crippen LogP contribution in [0.2, 0.25) is 0 Å². The third kappa shape index (κ3) is 4.47. The summed E-state index contributed by atoms with van der Waals surface area (Å²) in [4.78, 5) is 15.0. The fraction of sp³-hybridized carbons (Fsp3) is 0.435. The second kappa shape index (κ2) is 8.65. The van der Waals surface area contributed by atoms with E-state index in [1.807, 2.05) is 30.3 Å². The van der Waals surface area contributed by atoms with Gasteiger partial charge in [0.2, 0.25) is 0 Å². The number of amides is 1. The number of likely N-dealkylation sites (tertiary alicyclic amines) is 1. The van der Waals surface area contributed by atoms with Gasteiger partial charge in [-0.1, -0.05) is 12.1 Å². The molecule has 0 bridgehead atoms. The first-order valence-electron chi connectivity index (χ1n) is 10.1. The van der Waals surface area contributed by atoms with Crippen molar-refractivity contribution in [3.8, 4) is 11.5 Å². The SMILES string of the molecule is COc1ccc(CN2CCC(CNC(=O)c3ccc4c(c3)CCO4)CC2)cc1. The molecule has 2 aliphatic heterocycles. The summed E-state index contributed by atoms with van der Waals surface area (Å²) in [6.45, 7) is 4.59. The van der Waals surface area contributed by atoms with Crippen molar-refractivity contribution in [3.05, 3.63) is 59.2 Å². The van der Waals surface area contributed by atoms with Gasteiger partial charge in [0, 0.05) is 25.1 Å². The number of benzene rings is 2. The highest BCUT2D eigenvalue weighted by molar-refractivity contribution is 5.94. The van der Waals surface area contributed by atoms with Crippen molar-refractivity contribution in [2.75, 3.05) is 33.4 Å². The van der Waals surface area contributed by atoms with E-state index in [2.05, 4.69) is 22.3 Å². The smallest absolute Gasteiger partial charge is 0.251 e. The quantitative estimate of drug-likeness (QED) is 0.836. The first-order valence-corrected chi connectivity index (χ1v) is 10.1. The average molecular weight is 380 g/mol. The first-order chi connectivity index (χ1) is 13.7. The molecule has 2 heterocycles. The molecule has 5 heteroatoms. The van der Waals surface area contributed by atoms with Crippen LogP contribution < -0.4 is 14.8 Å². The van der Waals surface area contributed by atoms with Crippen LogP contribution in [0, 0.1) is 5.92 Å². The van der Waals surface area contributed by atoms with Gasteiger partial charge in [-0.2, -0.15) is 0 Å². The van der Waals surface area contributed by atoms with Crippen molar-refractivity contribution in [1.82, 2.24) is 10.2 Å². The Kier molecular flexibility index (Phi) is 5.81. The molecule has 1 N–H and O–H groups in total. The number of carbonyl (C=O) groups is 1. The Hall–Kier alpha value is -2.53. The van der Waals surface area contributed by atoms with Gasteiger partial charge in [-0.3, -0.25) is 9.69 Å². The van der Waals surface area contributed by atoms with Gasteiger partial charge in [0.25, 0.3) is 5.91 Å². The Bertz CT molecular complexity index is 811. The normalized spacial score (nSPS) is 17.0. The van der Waals surface area contributed by atoms with E-state index in [9.17, 15) is 4.79 Å². The Balaban J connectivity index is 1.21. The first kappa shape index (κ1) is 18.8. The standard InChI is InChI=1S/C23H28N2O3/c1-27-21-5-2-18(3-6-21)16-25-11-8-17(9-12-25)15-24-23(26)20-4-7-22-19(14-20)10-13-28-22/h2-7,14,17H,8-13,15-16H2,1H3,(H,24,26). The van der Waals surface area contributed by atoms with Crippen LogP contribution in [0.15, 0.2) is 42.5 Å². The molecule has 0 atom stereocenters. The van der Waals surface area contributed by atoms with Gasteiger partial charge in [0.1, 0.15) is 11.5 Å². The molecule has 148 valence electrons. The minimum absolute atomic E-state index is 0.0235. The van der Waals surface area contributed by atoms with E-state index >= 15 is 0 Å². The molecule has 0 aromatic heterocycles. The van der Waals surface area contributed by atoms with Gasteiger partial charge in [0.15, 0.2) is 0 Å². The van der Waals surface area contributed by atoms with Crippen LogP contribution in [0.4, 0.5) is 0 Å². The minimum Gasteiger partial charge on any atom is -0.497 e. The fourth-order valence-corrected chi connectivity index (χ4v) is 4.00. The fourth-order valence-electron chi connectivity index (χ4n) is 4.00. The zero-order chi connectivity index (χ0) is 19.3. The summed E-state index contributed by atoms with van der Waals surface area (Å²) in [6.07, 6.45) is 3.13. The summed E-state index contributed by atoms with van der Waals surface area (Å²) in [7, 11) is 1.69. The number of nitrogens with one attached hydrogen (secondary N) is 1. The Labute approximate surface area is 166 Å². The Morgan fingerprint density at radius 2 is 1.96 bits per heavy atom. The zero-order valence-corrected chi connectivity index (χ0v) is 16.4. The van der Waals surface area contributed by atoms with Crippen molar-refractivity contribution in [1.29, 1.82) is 0 Å². The van der Waals surface area contributed by atoms with Gasteiger partial charge in [-0.05, 0) is 73.3 Å². The number of fused-ring (bicyclic) bond motifs is 1. The summed E-state index contributed by atoms with van der Waals surface area (Å²) in [6, 6.07) is 14.0. The molecule has 2 aromatic carbocycles. The van der Waals surface area contributed by atoms with E-state index < -0.39 is 0 Å². The highest BCUT2D eigenvalue weighted by atomic mass is 16.5. The topological polar surface area (TPSA) is 50.8 Å². The third-order valence-electron chi connectivity index (χ3n) is 5.78. The highest BCUT2D eigenvalue weighted by Crippen LogP contribution is 2.26. The van der Waals surface area contributed by atoms with Crippen LogP contribution in [-0.4, -0.2) is 44.2 Å². The lowest BCUT2D eigenvalue weighted by Gasteiger charge is -2.32. The molecule has 2 aliphatic rings. The second-order valence-electron chi connectivity index (χ2n) is 7.70. The summed E-state index contributed by atoms with van der Waals surface area (Å²) < 4.78 is 10.7. The molecular weight excluding hydrogens is 352 g/mol. The minimum atomic E-state index is 0.0235. The van der Waals surface area contributed by atoms with Crippen molar-refractivity contribution < 1.29 is 14.3 Å². The lowest BCUT2D eigenvalue weighted by atomic mass is 9.96. The average Bonchev–Trinajstić information content (AvgIpc) is 3.21. The number of methoxy groups -OCH3 is 1. The highest BCUT2D eigenvalue weighted by Gasteiger charge is 2.21. The van der Waals surface area contributed by atoms with Crippen molar-refractivity contribution in [2.45, 2.75) is 25.8 Å². The van der Waals surface area contributed by atoms with Gasteiger partial charge in [-0.25, -0.2) is 0 Å². The van der Waals surface area contributed by atoms with E-state index in [0.29, 0.717) is 5.92 Å². The molecule has 4 rings (SSSR count). The molecule has 0 unspecified atom stereocenters. The van der Waals surface area contributed by atoms with Gasteiger partial charge < -0.3 is 14.8 Å². The Morgan fingerprint density at radius 1 is 1.18 bits per heavy atom. The maximum atomic E-state index is 12.5. The summed E-state index contributed by atoms with van der Waals surface area (Å²) in [5.74, 6) is 2.39. The molecular formula is C23H28N2O3. The predicted molar refractivity (Wildman–Crippen MR) is 109 cm³/mol. The van der Waals surface area contributed by atoms with E-state index in [1.165, 1.54) is 5.56 Å². The second-order valence-corrected chi connectivity index (χ2v) is 7.70. The van der Waals surface area contributed by atoms with Crippen LogP contribution in [0.3, 0.4) is 0 Å². The number of ether oxygens (including phenoxy) is 2. The van der Waals surface area contributed by atoms with Crippen LogP contribution in [0.1, 0.15) is 34.3 Å². The molecule has 1 amide bonds. The van der Waals surface area contributed by atoms with Crippen molar-refractivity contribution in [3.63, 3.8) is 0 Å². The number of nitrogens with zero attached hydrogens (tertiary/aromatic N) is 1. The third-order valence-corrected chi connectivity index (χ3v) is 5.78. The summed E-state index contributed by atoms with van der Waals surface area (Å²) >= 11 is 0. The number of carbonyl (C=O) groups excluding carboxylic acids is 1. The molecule has 0 saturated carbocycles. The molecule has 2 aromatic rings. The van der Waals surface area contributed by atoms with Gasteiger partial charge in [-0.15, -0.1) is 0 Å². The monoisotopic (exact) mass is 380 g/mol. The summed E-state index contributed by atoms with van der Waals surface area (Å²) in [5, 5.41) is 3.12. The van der Waals surface area contributed by atoms with Crippen molar-refractivity contribution >= 4 is 5.91 Å². The maximum absolute atomic E-state index is 12.5. The predicted octanol–water partition coefficient (Wildman–Crippen LogP) is 3.27. The van der Waals surface area contributed by atoms with Crippen LogP contribution in [0.25, 0.3) is 0 Å². The maximum Gasteiger partial charge on any atom is 0.251 e. The van der Waals surface area contributed by atoms with Crippen LogP contribution >= 0.6 is 0 Å². The van der Waals surface area contributed by atoms with Crippen LogP contribution in [-0.2, 0) is 13.0 Å². The molecule has 1 saturated heterocycles. The number of hydrogen-bond donors (Lipinski definition) is 1. The van der Waals surface area contributed by atoms with E-state index in [4.69, 9.17) is 9.47 Å². The number of rotatable bonds is 6. The molecule has 1 fully saturated rings. The lowest BCUT2D eigenvalue weighted by molar-refractivity contribution is 0.0935. The number of hydrogen-bond acceptors (Lipinski definition) is 4. The molecule has 5 nitrogen and oxygen atoms in total. The van der Waals surface area contributed by atoms with E-state index in [-0.39, 0.29) is 5.91 Å². The zero-order valence-electron chi connectivity index (χ0n) is 16.4. The largest absolute Gasteiger partial charge is 0.497 e. The van der Waals surface area contributed by atoms with Crippen LogP contribution in [0.5, 0.6) is 11.5 Å². The van der Waals surface area contributed by atoms with Crippen molar-refractivity contribution in [2.24, 2.45) is 5.92 Å². The lowest BCUT2D eigenvalue weighted by Crippen LogP contribution is -2.38. The molecule has 28 heavy (non-hydrogen) atoms. The molecule has 0 radical (unpaired) electrons. The van der Waals surface area contributed by atoms with Gasteiger partial charge >= 0.3 is 0 Å². The number of piperidine rings is 1. The summed E-state index contributed by atoms with van der Waals surface area (Å²) in [5.41, 5.74) is 3.19. The Morgan fingerprint density at radius 3 is 2.71 bits per heavy atom. The van der Waals surface area contributed by atoms with Gasteiger partial charge in [0.05, 0.1) is 13.7 Å². The van der Waals surface area contributed by atoms with E-state index in [1.54, 1.807) is 7.11 Å². The van der Waals surface area contributed by atoms with E-state index in [0.717, 1.165) is 74.7 Å². The molecule has 0 spiro atoms. The molecule has 0 aliphatic carbocycles.